The highest BCUT2D eigenvalue weighted by Crippen LogP contribution is 2.33. The third kappa shape index (κ3) is 3.13. The third-order valence-electron chi connectivity index (χ3n) is 3.05. The van der Waals surface area contributed by atoms with Crippen molar-refractivity contribution in [2.45, 2.75) is 32.7 Å². The summed E-state index contributed by atoms with van der Waals surface area (Å²) in [7, 11) is 0. The second kappa shape index (κ2) is 6.17. The fraction of sp³-hybridized carbons (Fsp3) is 0.333. The van der Waals surface area contributed by atoms with Crippen molar-refractivity contribution in [3.63, 3.8) is 0 Å². The first kappa shape index (κ1) is 14.0. The van der Waals surface area contributed by atoms with Gasteiger partial charge in [0.15, 0.2) is 0 Å². The fourth-order valence-corrected chi connectivity index (χ4v) is 3.46. The van der Waals surface area contributed by atoms with Crippen LogP contribution < -0.4 is 5.73 Å². The van der Waals surface area contributed by atoms with E-state index in [2.05, 4.69) is 66.8 Å². The van der Waals surface area contributed by atoms with E-state index in [-0.39, 0.29) is 6.04 Å². The zero-order chi connectivity index (χ0) is 13.1. The molecule has 2 aromatic rings. The van der Waals surface area contributed by atoms with Crippen molar-refractivity contribution in [3.05, 3.63) is 44.3 Å². The Balaban J connectivity index is 2.26. The summed E-state index contributed by atoms with van der Waals surface area (Å²) in [6.07, 6.45) is 2.20. The Labute approximate surface area is 127 Å². The zero-order valence-electron chi connectivity index (χ0n) is 10.7. The van der Waals surface area contributed by atoms with Gasteiger partial charge in [-0.25, -0.2) is 0 Å². The number of hydrogen-bond donors (Lipinski definition) is 1. The monoisotopic (exact) mass is 371 g/mol. The van der Waals surface area contributed by atoms with Crippen molar-refractivity contribution in [2.75, 3.05) is 0 Å². The Morgan fingerprint density at radius 1 is 1.28 bits per heavy atom. The quantitative estimate of drug-likeness (QED) is 0.741. The number of nitrogens with two attached hydrogens (primary N) is 1. The molecule has 1 aromatic heterocycles. The SMILES string of the molecule is CCCC(N)c1ccc(-c2ccc(C)c(I)c2)s1. The van der Waals surface area contributed by atoms with Crippen molar-refractivity contribution >= 4 is 33.9 Å². The molecule has 0 aliphatic carbocycles. The minimum Gasteiger partial charge on any atom is -0.323 e. The Bertz CT molecular complexity index is 533. The maximum absolute atomic E-state index is 6.16. The smallest absolute Gasteiger partial charge is 0.0389 e. The zero-order valence-corrected chi connectivity index (χ0v) is 13.7. The molecule has 0 radical (unpaired) electrons. The normalized spacial score (nSPS) is 12.7. The van der Waals surface area contributed by atoms with Crippen LogP contribution in [0.3, 0.4) is 0 Å². The van der Waals surface area contributed by atoms with E-state index in [1.807, 2.05) is 11.3 Å². The van der Waals surface area contributed by atoms with Gasteiger partial charge in [-0.3, -0.25) is 0 Å². The predicted octanol–water partition coefficient (Wildman–Crippen LogP) is 5.13. The van der Waals surface area contributed by atoms with Crippen LogP contribution in [0.1, 0.15) is 36.2 Å². The summed E-state index contributed by atoms with van der Waals surface area (Å²) in [5.74, 6) is 0. The molecule has 0 spiro atoms. The Hall–Kier alpha value is -0.390. The molecule has 0 bridgehead atoms. The van der Waals surface area contributed by atoms with Crippen molar-refractivity contribution in [2.24, 2.45) is 5.73 Å². The average molecular weight is 371 g/mol. The van der Waals surface area contributed by atoms with E-state index < -0.39 is 0 Å². The van der Waals surface area contributed by atoms with Gasteiger partial charge in [0, 0.05) is 19.4 Å². The number of benzene rings is 1. The van der Waals surface area contributed by atoms with Crippen LogP contribution in [0.25, 0.3) is 10.4 Å². The largest absolute Gasteiger partial charge is 0.323 e. The fourth-order valence-electron chi connectivity index (χ4n) is 1.91. The number of thiophene rings is 1. The summed E-state index contributed by atoms with van der Waals surface area (Å²) in [5, 5.41) is 0. The summed E-state index contributed by atoms with van der Waals surface area (Å²) in [4.78, 5) is 2.61. The third-order valence-corrected chi connectivity index (χ3v) is 5.48. The summed E-state index contributed by atoms with van der Waals surface area (Å²) in [5.41, 5.74) is 8.79. The minimum absolute atomic E-state index is 0.193. The Morgan fingerprint density at radius 3 is 2.72 bits per heavy atom. The Morgan fingerprint density at radius 2 is 2.06 bits per heavy atom. The molecular formula is C15H18INS. The van der Waals surface area contributed by atoms with Gasteiger partial charge >= 0.3 is 0 Å². The molecule has 1 unspecified atom stereocenters. The first-order valence-electron chi connectivity index (χ1n) is 6.23. The van der Waals surface area contributed by atoms with E-state index in [9.17, 15) is 0 Å². The van der Waals surface area contributed by atoms with Gasteiger partial charge in [-0.15, -0.1) is 11.3 Å². The molecule has 96 valence electrons. The second-order valence-electron chi connectivity index (χ2n) is 4.56. The highest BCUT2D eigenvalue weighted by atomic mass is 127. The van der Waals surface area contributed by atoms with E-state index >= 15 is 0 Å². The summed E-state index contributed by atoms with van der Waals surface area (Å²) < 4.78 is 1.32. The van der Waals surface area contributed by atoms with Gasteiger partial charge in [-0.1, -0.05) is 25.5 Å². The van der Waals surface area contributed by atoms with Crippen LogP contribution >= 0.6 is 33.9 Å². The predicted molar refractivity (Wildman–Crippen MR) is 89.0 cm³/mol. The summed E-state index contributed by atoms with van der Waals surface area (Å²) in [6, 6.07) is 11.2. The Kier molecular flexibility index (Phi) is 4.81. The lowest BCUT2D eigenvalue weighted by Gasteiger charge is -2.06. The van der Waals surface area contributed by atoms with E-state index in [0.29, 0.717) is 0 Å². The first-order chi connectivity index (χ1) is 8.61. The maximum Gasteiger partial charge on any atom is 0.0389 e. The molecule has 1 atom stereocenters. The standard InChI is InChI=1S/C15H18INS/c1-3-4-13(17)15-8-7-14(18-15)11-6-5-10(2)12(16)9-11/h5-9,13H,3-4,17H2,1-2H3. The molecule has 2 rings (SSSR count). The molecular weight excluding hydrogens is 353 g/mol. The van der Waals surface area contributed by atoms with Crippen molar-refractivity contribution < 1.29 is 0 Å². The number of rotatable bonds is 4. The van der Waals surface area contributed by atoms with Crippen LogP contribution in [-0.2, 0) is 0 Å². The lowest BCUT2D eigenvalue weighted by atomic mass is 10.1. The van der Waals surface area contributed by atoms with Gasteiger partial charge < -0.3 is 5.73 Å². The topological polar surface area (TPSA) is 26.0 Å². The first-order valence-corrected chi connectivity index (χ1v) is 8.13. The van der Waals surface area contributed by atoms with Gasteiger partial charge in [-0.2, -0.15) is 0 Å². The molecule has 0 saturated carbocycles. The number of hydrogen-bond acceptors (Lipinski definition) is 2. The van der Waals surface area contributed by atoms with Crippen LogP contribution in [0.2, 0.25) is 0 Å². The molecule has 18 heavy (non-hydrogen) atoms. The lowest BCUT2D eigenvalue weighted by molar-refractivity contribution is 0.648. The van der Waals surface area contributed by atoms with E-state index in [1.54, 1.807) is 0 Å². The maximum atomic E-state index is 6.16. The van der Waals surface area contributed by atoms with Crippen molar-refractivity contribution in [1.29, 1.82) is 0 Å². The van der Waals surface area contributed by atoms with Crippen LogP contribution in [0.4, 0.5) is 0 Å². The summed E-state index contributed by atoms with van der Waals surface area (Å²) in [6.45, 7) is 4.32. The highest BCUT2D eigenvalue weighted by molar-refractivity contribution is 14.1. The molecule has 0 aliphatic rings. The van der Waals surface area contributed by atoms with E-state index in [4.69, 9.17) is 5.73 Å². The van der Waals surface area contributed by atoms with E-state index in [0.717, 1.165) is 12.8 Å². The average Bonchev–Trinajstić information content (AvgIpc) is 2.82. The number of aryl methyl sites for hydroxylation is 1. The van der Waals surface area contributed by atoms with Crippen LogP contribution in [0.5, 0.6) is 0 Å². The second-order valence-corrected chi connectivity index (χ2v) is 6.84. The molecule has 3 heteroatoms. The van der Waals surface area contributed by atoms with Crippen LogP contribution in [0.15, 0.2) is 30.3 Å². The molecule has 0 aliphatic heterocycles. The molecule has 0 saturated heterocycles. The summed E-state index contributed by atoms with van der Waals surface area (Å²) >= 11 is 4.21. The highest BCUT2D eigenvalue weighted by Gasteiger charge is 2.09. The molecule has 0 fully saturated rings. The van der Waals surface area contributed by atoms with Gasteiger partial charge in [0.25, 0.3) is 0 Å². The molecule has 1 aromatic carbocycles. The van der Waals surface area contributed by atoms with Crippen molar-refractivity contribution in [3.8, 4) is 10.4 Å². The van der Waals surface area contributed by atoms with E-state index in [1.165, 1.54) is 24.5 Å². The molecule has 1 nitrogen and oxygen atoms in total. The lowest BCUT2D eigenvalue weighted by Crippen LogP contribution is -2.07. The van der Waals surface area contributed by atoms with Gasteiger partial charge in [0.05, 0.1) is 0 Å². The number of halogens is 1. The minimum atomic E-state index is 0.193. The molecule has 2 N–H and O–H groups in total. The van der Waals surface area contributed by atoms with Gasteiger partial charge in [0.1, 0.15) is 0 Å². The van der Waals surface area contributed by atoms with Crippen molar-refractivity contribution in [1.82, 2.24) is 0 Å². The van der Waals surface area contributed by atoms with Crippen LogP contribution in [-0.4, -0.2) is 0 Å². The van der Waals surface area contributed by atoms with Gasteiger partial charge in [-0.05, 0) is 65.3 Å². The van der Waals surface area contributed by atoms with Crippen LogP contribution in [0, 0.1) is 10.5 Å². The molecule has 0 amide bonds. The molecule has 1 heterocycles. The van der Waals surface area contributed by atoms with Gasteiger partial charge in [0.2, 0.25) is 0 Å².